The van der Waals surface area contributed by atoms with Crippen LogP contribution < -0.4 is 4.74 Å². The number of hydrogen-bond donors (Lipinski definition) is 0. The molecular weight excluding hydrogens is 217 g/mol. The molecule has 0 saturated heterocycles. The molecule has 1 saturated carbocycles. The number of nitrogens with zero attached hydrogens (tertiary/aromatic N) is 1. The number of halogens is 1. The lowest BCUT2D eigenvalue weighted by atomic mass is 9.92. The monoisotopic (exact) mass is 237 g/mol. The molecule has 2 nitrogen and oxygen atoms in total. The van der Waals surface area contributed by atoms with E-state index in [-0.39, 0.29) is 5.82 Å². The zero-order chi connectivity index (χ0) is 12.1. The van der Waals surface area contributed by atoms with Crippen molar-refractivity contribution < 1.29 is 9.13 Å². The van der Waals surface area contributed by atoms with Gasteiger partial charge in [0.05, 0.1) is 6.61 Å². The van der Waals surface area contributed by atoms with Gasteiger partial charge in [0.1, 0.15) is 11.6 Å². The van der Waals surface area contributed by atoms with Crippen LogP contribution in [0.15, 0.2) is 24.3 Å². The number of ether oxygens (including phenoxy) is 1. The summed E-state index contributed by atoms with van der Waals surface area (Å²) in [6.07, 6.45) is 5.08. The van der Waals surface area contributed by atoms with E-state index in [1.54, 1.807) is 12.1 Å². The molecule has 0 radical (unpaired) electrons. The summed E-state index contributed by atoms with van der Waals surface area (Å²) < 4.78 is 18.2. The van der Waals surface area contributed by atoms with Crippen LogP contribution in [0, 0.1) is 5.82 Å². The summed E-state index contributed by atoms with van der Waals surface area (Å²) in [6, 6.07) is 6.99. The van der Waals surface area contributed by atoms with Crippen molar-refractivity contribution in [3.8, 4) is 5.75 Å². The molecule has 0 aliphatic heterocycles. The molecule has 0 spiro atoms. The highest BCUT2D eigenvalue weighted by Gasteiger charge is 2.21. The van der Waals surface area contributed by atoms with Crippen molar-refractivity contribution in [2.24, 2.45) is 0 Å². The van der Waals surface area contributed by atoms with Gasteiger partial charge in [0, 0.05) is 12.6 Å². The SMILES string of the molecule is CN(CCCOc1ccc(F)cc1)C1CCC1. The third-order valence-corrected chi connectivity index (χ3v) is 3.44. The Labute approximate surface area is 102 Å². The molecule has 1 aromatic rings. The molecule has 0 bridgehead atoms. The van der Waals surface area contributed by atoms with Gasteiger partial charge in [0.2, 0.25) is 0 Å². The van der Waals surface area contributed by atoms with Gasteiger partial charge in [-0.3, -0.25) is 0 Å². The third-order valence-electron chi connectivity index (χ3n) is 3.44. The Balaban J connectivity index is 1.60. The highest BCUT2D eigenvalue weighted by Crippen LogP contribution is 2.23. The maximum Gasteiger partial charge on any atom is 0.123 e. The largest absolute Gasteiger partial charge is 0.494 e. The Hall–Kier alpha value is -1.09. The fourth-order valence-electron chi connectivity index (χ4n) is 2.04. The predicted molar refractivity (Wildman–Crippen MR) is 66.8 cm³/mol. The summed E-state index contributed by atoms with van der Waals surface area (Å²) in [6.45, 7) is 1.77. The Morgan fingerprint density at radius 3 is 2.59 bits per heavy atom. The highest BCUT2D eigenvalue weighted by atomic mass is 19.1. The summed E-state index contributed by atoms with van der Waals surface area (Å²) in [4.78, 5) is 2.41. The van der Waals surface area contributed by atoms with Crippen LogP contribution in [0.25, 0.3) is 0 Å². The fraction of sp³-hybridized carbons (Fsp3) is 0.571. The molecule has 2 rings (SSSR count). The van der Waals surface area contributed by atoms with E-state index in [2.05, 4.69) is 11.9 Å². The summed E-state index contributed by atoms with van der Waals surface area (Å²) in [7, 11) is 2.18. The van der Waals surface area contributed by atoms with E-state index in [0.717, 1.165) is 24.8 Å². The average molecular weight is 237 g/mol. The number of rotatable bonds is 6. The van der Waals surface area contributed by atoms with Crippen LogP contribution in [0.5, 0.6) is 5.75 Å². The first-order chi connectivity index (χ1) is 8.25. The Kier molecular flexibility index (Phi) is 4.37. The fourth-order valence-corrected chi connectivity index (χ4v) is 2.04. The van der Waals surface area contributed by atoms with E-state index < -0.39 is 0 Å². The molecule has 0 atom stereocenters. The minimum Gasteiger partial charge on any atom is -0.494 e. The van der Waals surface area contributed by atoms with Gasteiger partial charge >= 0.3 is 0 Å². The quantitative estimate of drug-likeness (QED) is 0.705. The molecule has 0 heterocycles. The van der Waals surface area contributed by atoms with Gasteiger partial charge in [-0.2, -0.15) is 0 Å². The zero-order valence-corrected chi connectivity index (χ0v) is 10.4. The summed E-state index contributed by atoms with van der Waals surface area (Å²) in [5.41, 5.74) is 0. The van der Waals surface area contributed by atoms with Crippen molar-refractivity contribution in [2.75, 3.05) is 20.2 Å². The third kappa shape index (κ3) is 3.70. The Morgan fingerprint density at radius 2 is 2.00 bits per heavy atom. The maximum absolute atomic E-state index is 12.7. The molecule has 0 unspecified atom stereocenters. The molecule has 0 amide bonds. The summed E-state index contributed by atoms with van der Waals surface area (Å²) in [5, 5.41) is 0. The summed E-state index contributed by atoms with van der Waals surface area (Å²) in [5.74, 6) is 0.528. The second kappa shape index (κ2) is 6.01. The van der Waals surface area contributed by atoms with Crippen molar-refractivity contribution in [1.29, 1.82) is 0 Å². The zero-order valence-electron chi connectivity index (χ0n) is 10.4. The van der Waals surface area contributed by atoms with Crippen LogP contribution in [0.4, 0.5) is 4.39 Å². The molecule has 17 heavy (non-hydrogen) atoms. The van der Waals surface area contributed by atoms with E-state index in [1.165, 1.54) is 31.4 Å². The second-order valence-corrected chi connectivity index (χ2v) is 4.72. The van der Waals surface area contributed by atoms with Gasteiger partial charge in [-0.05, 0) is 50.6 Å². The van der Waals surface area contributed by atoms with Crippen molar-refractivity contribution in [3.63, 3.8) is 0 Å². The van der Waals surface area contributed by atoms with Gasteiger partial charge in [0.15, 0.2) is 0 Å². The van der Waals surface area contributed by atoms with Gasteiger partial charge < -0.3 is 9.64 Å². The van der Waals surface area contributed by atoms with Crippen LogP contribution in [-0.2, 0) is 0 Å². The predicted octanol–water partition coefficient (Wildman–Crippen LogP) is 3.08. The molecular formula is C14H20FNO. The van der Waals surface area contributed by atoms with Crippen molar-refractivity contribution in [3.05, 3.63) is 30.1 Å². The summed E-state index contributed by atoms with van der Waals surface area (Å²) >= 11 is 0. The van der Waals surface area contributed by atoms with Gasteiger partial charge in [0.25, 0.3) is 0 Å². The first-order valence-electron chi connectivity index (χ1n) is 6.34. The van der Waals surface area contributed by atoms with E-state index in [1.807, 2.05) is 0 Å². The van der Waals surface area contributed by atoms with Gasteiger partial charge in [-0.1, -0.05) is 6.42 Å². The van der Waals surface area contributed by atoms with Crippen LogP contribution in [0.1, 0.15) is 25.7 Å². The van der Waals surface area contributed by atoms with E-state index in [0.29, 0.717) is 6.61 Å². The first kappa shape index (κ1) is 12.4. The molecule has 3 heteroatoms. The van der Waals surface area contributed by atoms with E-state index in [9.17, 15) is 4.39 Å². The van der Waals surface area contributed by atoms with Crippen molar-refractivity contribution in [2.45, 2.75) is 31.7 Å². The standard InChI is InChI=1S/C14H20FNO/c1-16(13-4-2-5-13)10-3-11-17-14-8-6-12(15)7-9-14/h6-9,13H,2-5,10-11H2,1H3. The lowest BCUT2D eigenvalue weighted by Gasteiger charge is -2.34. The highest BCUT2D eigenvalue weighted by molar-refractivity contribution is 5.21. The normalized spacial score (nSPS) is 15.9. The van der Waals surface area contributed by atoms with Crippen LogP contribution in [0.2, 0.25) is 0 Å². The minimum atomic E-state index is -0.220. The van der Waals surface area contributed by atoms with E-state index >= 15 is 0 Å². The lowest BCUT2D eigenvalue weighted by molar-refractivity contribution is 0.149. The Bertz CT molecular complexity index is 335. The Morgan fingerprint density at radius 1 is 1.29 bits per heavy atom. The van der Waals surface area contributed by atoms with Gasteiger partial charge in [-0.25, -0.2) is 4.39 Å². The average Bonchev–Trinajstić information content (AvgIpc) is 2.24. The lowest BCUT2D eigenvalue weighted by Crippen LogP contribution is -2.38. The first-order valence-corrected chi connectivity index (χ1v) is 6.34. The molecule has 1 aromatic carbocycles. The minimum absolute atomic E-state index is 0.220. The second-order valence-electron chi connectivity index (χ2n) is 4.72. The van der Waals surface area contributed by atoms with Crippen LogP contribution >= 0.6 is 0 Å². The molecule has 1 aliphatic carbocycles. The van der Waals surface area contributed by atoms with Crippen molar-refractivity contribution in [1.82, 2.24) is 4.90 Å². The molecule has 0 N–H and O–H groups in total. The number of hydrogen-bond acceptors (Lipinski definition) is 2. The molecule has 94 valence electrons. The van der Waals surface area contributed by atoms with E-state index in [4.69, 9.17) is 4.74 Å². The molecule has 0 aromatic heterocycles. The van der Waals surface area contributed by atoms with Gasteiger partial charge in [-0.15, -0.1) is 0 Å². The van der Waals surface area contributed by atoms with Crippen LogP contribution in [-0.4, -0.2) is 31.1 Å². The smallest absolute Gasteiger partial charge is 0.123 e. The van der Waals surface area contributed by atoms with Crippen LogP contribution in [0.3, 0.4) is 0 Å². The topological polar surface area (TPSA) is 12.5 Å². The molecule has 1 fully saturated rings. The maximum atomic E-state index is 12.7. The van der Waals surface area contributed by atoms with Crippen molar-refractivity contribution >= 4 is 0 Å². The molecule has 1 aliphatic rings. The number of benzene rings is 1.